The molecule has 1 saturated carbocycles. The first-order valence-electron chi connectivity index (χ1n) is 4.75. The number of hydrogen-bond acceptors (Lipinski definition) is 4. The van der Waals surface area contributed by atoms with Gasteiger partial charge in [0.2, 0.25) is 11.5 Å². The summed E-state index contributed by atoms with van der Waals surface area (Å²) >= 11 is 0. The second-order valence-electron chi connectivity index (χ2n) is 3.67. The Morgan fingerprint density at radius 2 is 2.00 bits per heavy atom. The minimum absolute atomic E-state index is 0.145. The maximum atomic E-state index is 11.3. The van der Waals surface area contributed by atoms with Crippen molar-refractivity contribution in [1.82, 2.24) is 0 Å². The normalized spacial score (nSPS) is 30.5. The number of nitrogens with two attached hydrogens (primary N) is 2. The zero-order valence-corrected chi connectivity index (χ0v) is 8.27. The molecule has 0 bridgehead atoms. The van der Waals surface area contributed by atoms with E-state index in [1.54, 1.807) is 0 Å². The SMILES string of the molecule is NC(=O)C1CCCCC1(OC=O)C(N)=O. The van der Waals surface area contributed by atoms with E-state index in [2.05, 4.69) is 0 Å². The molecule has 1 aliphatic rings. The van der Waals surface area contributed by atoms with Crippen LogP contribution in [0, 0.1) is 5.92 Å². The Kier molecular flexibility index (Phi) is 3.28. The van der Waals surface area contributed by atoms with Gasteiger partial charge in [-0.05, 0) is 19.3 Å². The van der Waals surface area contributed by atoms with Gasteiger partial charge in [-0.15, -0.1) is 0 Å². The van der Waals surface area contributed by atoms with Crippen molar-refractivity contribution in [2.75, 3.05) is 0 Å². The van der Waals surface area contributed by atoms with Gasteiger partial charge in [0.05, 0.1) is 5.92 Å². The van der Waals surface area contributed by atoms with Crippen LogP contribution in [-0.2, 0) is 19.1 Å². The van der Waals surface area contributed by atoms with E-state index in [1.165, 1.54) is 0 Å². The lowest BCUT2D eigenvalue weighted by atomic mass is 9.74. The van der Waals surface area contributed by atoms with E-state index in [4.69, 9.17) is 16.2 Å². The number of amides is 2. The Labute approximate surface area is 86.9 Å². The van der Waals surface area contributed by atoms with Gasteiger partial charge in [0.25, 0.3) is 12.4 Å². The fourth-order valence-electron chi connectivity index (χ4n) is 2.10. The van der Waals surface area contributed by atoms with Gasteiger partial charge in [0.15, 0.2) is 0 Å². The van der Waals surface area contributed by atoms with Gasteiger partial charge in [0.1, 0.15) is 0 Å². The van der Waals surface area contributed by atoms with Crippen molar-refractivity contribution in [2.24, 2.45) is 17.4 Å². The predicted octanol–water partition coefficient (Wildman–Crippen LogP) is -0.941. The molecule has 0 aromatic carbocycles. The summed E-state index contributed by atoms with van der Waals surface area (Å²) in [6, 6.07) is 0. The van der Waals surface area contributed by atoms with Crippen molar-refractivity contribution in [2.45, 2.75) is 31.3 Å². The van der Waals surface area contributed by atoms with Crippen molar-refractivity contribution >= 4 is 18.3 Å². The Hall–Kier alpha value is -1.59. The van der Waals surface area contributed by atoms with Gasteiger partial charge in [0, 0.05) is 0 Å². The van der Waals surface area contributed by atoms with Crippen LogP contribution in [-0.4, -0.2) is 23.9 Å². The van der Waals surface area contributed by atoms with Crippen LogP contribution in [0.1, 0.15) is 25.7 Å². The lowest BCUT2D eigenvalue weighted by molar-refractivity contribution is -0.170. The molecule has 6 nitrogen and oxygen atoms in total. The lowest BCUT2D eigenvalue weighted by Gasteiger charge is -2.37. The molecule has 2 unspecified atom stereocenters. The van der Waals surface area contributed by atoms with Gasteiger partial charge in [-0.1, -0.05) is 6.42 Å². The molecule has 1 fully saturated rings. The molecule has 0 aromatic rings. The molecule has 2 amide bonds. The van der Waals surface area contributed by atoms with Gasteiger partial charge in [-0.2, -0.15) is 0 Å². The van der Waals surface area contributed by atoms with Crippen LogP contribution in [0.25, 0.3) is 0 Å². The molecule has 1 aliphatic carbocycles. The van der Waals surface area contributed by atoms with Crippen LogP contribution in [0.4, 0.5) is 0 Å². The van der Waals surface area contributed by atoms with Crippen LogP contribution in [0.2, 0.25) is 0 Å². The van der Waals surface area contributed by atoms with Crippen molar-refractivity contribution < 1.29 is 19.1 Å². The molecule has 84 valence electrons. The zero-order valence-electron chi connectivity index (χ0n) is 8.27. The van der Waals surface area contributed by atoms with Gasteiger partial charge < -0.3 is 16.2 Å². The summed E-state index contributed by atoms with van der Waals surface area (Å²) in [4.78, 5) is 32.8. The molecule has 1 rings (SSSR count). The minimum atomic E-state index is -1.54. The summed E-state index contributed by atoms with van der Waals surface area (Å²) in [5.74, 6) is -2.28. The van der Waals surface area contributed by atoms with Gasteiger partial charge in [-0.25, -0.2) is 0 Å². The zero-order chi connectivity index (χ0) is 11.5. The van der Waals surface area contributed by atoms with Gasteiger partial charge >= 0.3 is 0 Å². The first kappa shape index (κ1) is 11.5. The standard InChI is InChI=1S/C9H14N2O4/c10-7(13)6-3-1-2-4-9(6,8(11)14)15-5-12/h5-6H,1-4H2,(H2,10,13)(H2,11,14). The van der Waals surface area contributed by atoms with E-state index >= 15 is 0 Å². The monoisotopic (exact) mass is 214 g/mol. The van der Waals surface area contributed by atoms with Crippen LogP contribution in [0.5, 0.6) is 0 Å². The molecule has 4 N–H and O–H groups in total. The highest BCUT2D eigenvalue weighted by Gasteiger charge is 2.50. The van der Waals surface area contributed by atoms with Crippen LogP contribution >= 0.6 is 0 Å². The first-order chi connectivity index (χ1) is 7.04. The molecular formula is C9H14N2O4. The summed E-state index contributed by atoms with van der Waals surface area (Å²) < 4.78 is 4.75. The summed E-state index contributed by atoms with van der Waals surface area (Å²) in [5.41, 5.74) is 8.82. The van der Waals surface area contributed by atoms with Gasteiger partial charge in [-0.3, -0.25) is 14.4 Å². The Morgan fingerprint density at radius 1 is 1.33 bits per heavy atom. The van der Waals surface area contributed by atoms with E-state index in [1.807, 2.05) is 0 Å². The molecule has 0 radical (unpaired) electrons. The molecule has 0 spiro atoms. The summed E-state index contributed by atoms with van der Waals surface area (Å²) in [6.07, 6.45) is 2.13. The fraction of sp³-hybridized carbons (Fsp3) is 0.667. The number of ether oxygens (including phenoxy) is 1. The Bertz CT molecular complexity index is 292. The topological polar surface area (TPSA) is 112 Å². The largest absolute Gasteiger partial charge is 0.450 e. The van der Waals surface area contributed by atoms with Crippen molar-refractivity contribution in [1.29, 1.82) is 0 Å². The summed E-state index contributed by atoms with van der Waals surface area (Å²) in [6.45, 7) is 0.145. The first-order valence-corrected chi connectivity index (χ1v) is 4.75. The Morgan fingerprint density at radius 3 is 2.47 bits per heavy atom. The maximum Gasteiger partial charge on any atom is 0.294 e. The van der Waals surface area contributed by atoms with Crippen molar-refractivity contribution in [3.05, 3.63) is 0 Å². The number of carbonyl (C=O) groups is 3. The van der Waals surface area contributed by atoms with Crippen molar-refractivity contribution in [3.8, 4) is 0 Å². The second-order valence-corrected chi connectivity index (χ2v) is 3.67. The van der Waals surface area contributed by atoms with Crippen LogP contribution in [0.15, 0.2) is 0 Å². The smallest absolute Gasteiger partial charge is 0.294 e. The summed E-state index contributed by atoms with van der Waals surface area (Å²) in [7, 11) is 0. The molecule has 0 saturated heterocycles. The summed E-state index contributed by atoms with van der Waals surface area (Å²) in [5, 5.41) is 0. The molecule has 0 aromatic heterocycles. The third-order valence-corrected chi connectivity index (χ3v) is 2.87. The number of carbonyl (C=O) groups excluding carboxylic acids is 3. The highest BCUT2D eigenvalue weighted by molar-refractivity contribution is 5.92. The highest BCUT2D eigenvalue weighted by Crippen LogP contribution is 2.36. The molecule has 2 atom stereocenters. The van der Waals surface area contributed by atoms with Crippen LogP contribution < -0.4 is 11.5 Å². The lowest BCUT2D eigenvalue weighted by Crippen LogP contribution is -2.57. The van der Waals surface area contributed by atoms with E-state index in [0.717, 1.165) is 6.42 Å². The molecule has 6 heteroatoms. The average molecular weight is 214 g/mol. The minimum Gasteiger partial charge on any atom is -0.450 e. The third kappa shape index (κ3) is 1.93. The van der Waals surface area contributed by atoms with E-state index < -0.39 is 23.3 Å². The maximum absolute atomic E-state index is 11.3. The molecule has 15 heavy (non-hydrogen) atoms. The fourth-order valence-corrected chi connectivity index (χ4v) is 2.10. The molecule has 0 heterocycles. The van der Waals surface area contributed by atoms with E-state index in [-0.39, 0.29) is 12.9 Å². The number of rotatable bonds is 4. The van der Waals surface area contributed by atoms with E-state index in [0.29, 0.717) is 12.8 Å². The predicted molar refractivity (Wildman–Crippen MR) is 50.2 cm³/mol. The number of hydrogen-bond donors (Lipinski definition) is 2. The van der Waals surface area contributed by atoms with E-state index in [9.17, 15) is 14.4 Å². The molecular weight excluding hydrogens is 200 g/mol. The highest BCUT2D eigenvalue weighted by atomic mass is 16.5. The quantitative estimate of drug-likeness (QED) is 0.588. The van der Waals surface area contributed by atoms with Crippen LogP contribution in [0.3, 0.4) is 0 Å². The number of primary amides is 2. The molecule has 0 aliphatic heterocycles. The Balaban J connectivity index is 3.03. The average Bonchev–Trinajstić information content (AvgIpc) is 2.18. The van der Waals surface area contributed by atoms with Crippen molar-refractivity contribution in [3.63, 3.8) is 0 Å². The third-order valence-electron chi connectivity index (χ3n) is 2.87. The second kappa shape index (κ2) is 4.29.